The van der Waals surface area contributed by atoms with E-state index in [1.165, 1.54) is 201 Å². The predicted molar refractivity (Wildman–Crippen MR) is 526 cm³/mol. The molecule has 0 amide bonds. The lowest BCUT2D eigenvalue weighted by Gasteiger charge is -2.23. The summed E-state index contributed by atoms with van der Waals surface area (Å²) < 4.78 is 0. The first-order valence-corrected chi connectivity index (χ1v) is 45.4. The largest absolute Gasteiger partial charge is 0.264 e. The van der Waals surface area contributed by atoms with E-state index < -0.39 is 0 Å². The second-order valence-corrected chi connectivity index (χ2v) is 37.7. The van der Waals surface area contributed by atoms with Crippen molar-refractivity contribution in [1.82, 2.24) is 24.9 Å². The van der Waals surface area contributed by atoms with E-state index in [4.69, 9.17) is 0 Å². The Kier molecular flexibility index (Phi) is 33.5. The lowest BCUT2D eigenvalue weighted by Crippen LogP contribution is -2.13. The van der Waals surface area contributed by atoms with Crippen LogP contribution in [0, 0.1) is 41.5 Å². The number of hydrogen-bond donors (Lipinski definition) is 0. The van der Waals surface area contributed by atoms with Crippen LogP contribution in [0.3, 0.4) is 0 Å². The van der Waals surface area contributed by atoms with Gasteiger partial charge in [0.15, 0.2) is 0 Å². The average Bonchev–Trinajstić information content (AvgIpc) is 1.64. The van der Waals surface area contributed by atoms with Gasteiger partial charge < -0.3 is 0 Å². The summed E-state index contributed by atoms with van der Waals surface area (Å²) in [5, 5.41) is 0. The van der Waals surface area contributed by atoms with Crippen LogP contribution in [0.1, 0.15) is 341 Å². The van der Waals surface area contributed by atoms with Crippen LogP contribution in [0.5, 0.6) is 0 Å². The van der Waals surface area contributed by atoms with Gasteiger partial charge in [0.2, 0.25) is 0 Å². The van der Waals surface area contributed by atoms with Crippen LogP contribution in [0.4, 0.5) is 0 Å². The van der Waals surface area contributed by atoms with Crippen molar-refractivity contribution in [3.05, 3.63) is 323 Å². The zero-order chi connectivity index (χ0) is 89.5. The van der Waals surface area contributed by atoms with Crippen LogP contribution < -0.4 is 0 Å². The van der Waals surface area contributed by atoms with E-state index in [0.717, 1.165) is 38.5 Å². The van der Waals surface area contributed by atoms with Crippen LogP contribution in [-0.2, 0) is 71.0 Å². The Morgan fingerprint density at radius 3 is 0.908 bits per heavy atom. The van der Waals surface area contributed by atoms with Crippen molar-refractivity contribution >= 4 is 0 Å². The van der Waals surface area contributed by atoms with E-state index in [0.29, 0.717) is 0 Å². The lowest BCUT2D eigenvalue weighted by atomic mass is 9.82. The molecule has 5 heteroatoms. The number of aryl methyl sites for hydroxylation is 6. The average molecular weight is 1600 g/mol. The molecule has 12 aromatic rings. The van der Waals surface area contributed by atoms with E-state index in [1.54, 1.807) is 0 Å². The monoisotopic (exact) mass is 1600 g/mol. The van der Waals surface area contributed by atoms with Crippen molar-refractivity contribution in [3.8, 4) is 67.0 Å². The molecule has 0 saturated heterocycles. The molecule has 18 rings (SSSR count). The number of benzene rings is 7. The first-order valence-electron chi connectivity index (χ1n) is 45.4. The molecule has 120 heavy (non-hydrogen) atoms. The molecule has 5 nitrogen and oxygen atoms in total. The van der Waals surface area contributed by atoms with E-state index in [2.05, 4.69) is 318 Å². The van der Waals surface area contributed by atoms with Gasteiger partial charge in [-0.1, -0.05) is 311 Å². The van der Waals surface area contributed by atoms with E-state index in [-0.39, 0.29) is 32.5 Å². The topological polar surface area (TPSA) is 64.5 Å². The Bertz CT molecular complexity index is 4800. The fourth-order valence-corrected chi connectivity index (χ4v) is 18.0. The lowest BCUT2D eigenvalue weighted by molar-refractivity contribution is 0.585. The number of nitrogens with zero attached hydrogens (tertiary/aromatic N) is 5. The Morgan fingerprint density at radius 2 is 0.475 bits per heavy atom. The van der Waals surface area contributed by atoms with Gasteiger partial charge in [0, 0.05) is 91.3 Å². The molecule has 0 aliphatic heterocycles. The van der Waals surface area contributed by atoms with Gasteiger partial charge in [0.25, 0.3) is 0 Å². The van der Waals surface area contributed by atoms with Crippen molar-refractivity contribution in [2.24, 2.45) is 0 Å². The molecular weight excluding hydrogens is 1450 g/mol. The predicted octanol–water partition coefficient (Wildman–Crippen LogP) is 32.3. The Labute approximate surface area is 730 Å². The Hall–Kier alpha value is -9.71. The van der Waals surface area contributed by atoms with Crippen molar-refractivity contribution in [2.75, 3.05) is 0 Å². The smallest absolute Gasteiger partial charge is 0.0740 e. The maximum atomic E-state index is 4.55. The third kappa shape index (κ3) is 22.3. The van der Waals surface area contributed by atoms with Gasteiger partial charge in [-0.3, -0.25) is 24.9 Å². The molecule has 0 radical (unpaired) electrons. The molecule has 0 atom stereocenters. The molecule has 0 unspecified atom stereocenters. The molecule has 6 aliphatic rings. The molecule has 0 spiro atoms. The van der Waals surface area contributed by atoms with Gasteiger partial charge in [-0.2, -0.15) is 0 Å². The highest BCUT2D eigenvalue weighted by molar-refractivity contribution is 5.82. The van der Waals surface area contributed by atoms with Crippen molar-refractivity contribution in [2.45, 2.75) is 320 Å². The molecule has 636 valence electrons. The van der Waals surface area contributed by atoms with Crippen molar-refractivity contribution in [3.63, 3.8) is 0 Å². The summed E-state index contributed by atoms with van der Waals surface area (Å²) in [4.78, 5) is 22.1. The fourth-order valence-electron chi connectivity index (χ4n) is 18.0. The molecule has 0 saturated carbocycles. The molecule has 6 aliphatic carbocycles. The number of fused-ring (bicyclic) bond motifs is 18. The van der Waals surface area contributed by atoms with Crippen molar-refractivity contribution in [1.29, 1.82) is 0 Å². The molecule has 7 aromatic carbocycles. The highest BCUT2D eigenvalue weighted by atomic mass is 14.7. The molecular formula is C115H151N5. The van der Waals surface area contributed by atoms with Crippen molar-refractivity contribution < 1.29 is 0 Å². The second kappa shape index (κ2) is 41.2. The molecule has 5 aromatic heterocycles. The first-order chi connectivity index (χ1) is 56.8. The van der Waals surface area contributed by atoms with E-state index >= 15 is 0 Å². The van der Waals surface area contributed by atoms with Crippen LogP contribution in [0.15, 0.2) is 189 Å². The van der Waals surface area contributed by atoms with Gasteiger partial charge in [-0.15, -0.1) is 0 Å². The zero-order valence-electron chi connectivity index (χ0n) is 81.4. The molecule has 0 N–H and O–H groups in total. The minimum Gasteiger partial charge on any atom is -0.264 e. The maximum absolute atomic E-state index is 4.55. The van der Waals surface area contributed by atoms with E-state index in [1.807, 2.05) is 145 Å². The number of rotatable bonds is 0. The summed E-state index contributed by atoms with van der Waals surface area (Å²) >= 11 is 0. The van der Waals surface area contributed by atoms with Crippen LogP contribution in [0.25, 0.3) is 67.0 Å². The number of pyridine rings is 5. The fraction of sp³-hybridized carbons (Fsp3) is 0.417. The van der Waals surface area contributed by atoms with E-state index in [9.17, 15) is 0 Å². The van der Waals surface area contributed by atoms with Crippen LogP contribution in [-0.4, -0.2) is 24.9 Å². The molecule has 0 fully saturated rings. The Morgan fingerprint density at radius 1 is 0.200 bits per heavy atom. The summed E-state index contributed by atoms with van der Waals surface area (Å²) in [6, 6.07) is 54.1. The van der Waals surface area contributed by atoms with Gasteiger partial charge >= 0.3 is 0 Å². The third-order valence-corrected chi connectivity index (χ3v) is 23.0. The maximum Gasteiger partial charge on any atom is 0.0740 e. The number of hydrogen-bond acceptors (Lipinski definition) is 5. The highest BCUT2D eigenvalue weighted by Gasteiger charge is 2.31. The summed E-state index contributed by atoms with van der Waals surface area (Å²) in [5.41, 5.74) is 51.3. The minimum absolute atomic E-state index is 0.191. The highest BCUT2D eigenvalue weighted by Crippen LogP contribution is 2.47. The summed E-state index contributed by atoms with van der Waals surface area (Å²) in [7, 11) is 0. The standard InChI is InChI=1S/C18H20.5C17H19N.6C2H6/c1-12-9-16-14(11-17(12)18(2,3)4)10-13-7-5-6-8-15(13)16;1-11-7-15-12(9-16(11)17(2,3)4)8-13-10-18-6-5-14(13)15;1-11-7-14-13(9-16(11)17(2,3)4)8-12-5-6-18-10-15(12)14;1-11-8-14-12(9-15(11)17(2,3)4)10-16-13(14)6-5-7-18-16;1-11-8-14-13(10-15(11)17(2,3)4)9-12-6-5-7-18-16(12)14;1-11-8-13-9-12-6-5-7-18-16(12)14(13)10-15(11)17(2,3)4;6*1-2/h5-9,11H,10H2,1-4H3;2*5-7,9-10H,8H2,1-4H3;5-9H,10H2,1-4H3;2*5-8,10H,9H2,1-4H3;6*1-2H3. The first kappa shape index (κ1) is 97.4. The SMILES string of the molecule is CC.CC.CC.CC.CC.CC.Cc1cc2c(cc1C(C)(C)C)-c1ncccc1C2.Cc1cc2c(cc1C(C)(C)C)Cc1ccccc1-2.Cc1cc2c(cc1C(C)(C)C)Cc1cccnc1-2.Cc1cc2c(cc1C(C)(C)C)Cc1ccncc1-2.Cc1cc2c(cc1C(C)(C)C)Cc1cnccc1-2.Cc1cc2c(cc1C(C)(C)C)Cc1ncccc1-2. The minimum atomic E-state index is 0.191. The van der Waals surface area contributed by atoms with Crippen LogP contribution >= 0.6 is 0 Å². The summed E-state index contributed by atoms with van der Waals surface area (Å²) in [5.74, 6) is 0. The normalized spacial score (nSPS) is 12.3. The van der Waals surface area contributed by atoms with Gasteiger partial charge in [-0.25, -0.2) is 0 Å². The van der Waals surface area contributed by atoms with Gasteiger partial charge in [0.1, 0.15) is 0 Å². The van der Waals surface area contributed by atoms with Gasteiger partial charge in [-0.05, 0) is 291 Å². The zero-order valence-corrected chi connectivity index (χ0v) is 81.4. The Balaban J connectivity index is 0.000000193. The number of aromatic nitrogens is 5. The molecule has 0 bridgehead atoms. The molecule has 5 heterocycles. The third-order valence-electron chi connectivity index (χ3n) is 23.0. The second-order valence-electron chi connectivity index (χ2n) is 37.7. The summed E-state index contributed by atoms with van der Waals surface area (Å²) in [6.07, 6.45) is 19.7. The quantitative estimate of drug-likeness (QED) is 0.151. The van der Waals surface area contributed by atoms with Gasteiger partial charge in [0.05, 0.1) is 17.1 Å². The van der Waals surface area contributed by atoms with Crippen LogP contribution in [0.2, 0.25) is 0 Å². The summed E-state index contributed by atoms with van der Waals surface area (Å²) in [6.45, 7) is 78.4.